The van der Waals surface area contributed by atoms with E-state index >= 15 is 0 Å². The van der Waals surface area contributed by atoms with Gasteiger partial charge in [0.15, 0.2) is 5.82 Å². The first-order valence-corrected chi connectivity index (χ1v) is 6.43. The van der Waals surface area contributed by atoms with E-state index < -0.39 is 5.60 Å². The van der Waals surface area contributed by atoms with E-state index in [2.05, 4.69) is 23.1 Å². The third kappa shape index (κ3) is 2.73. The molecular formula is C12H17N3OS. The lowest BCUT2D eigenvalue weighted by atomic mass is 10.1. The van der Waals surface area contributed by atoms with Crippen LogP contribution in [0.4, 0.5) is 0 Å². The predicted molar refractivity (Wildman–Crippen MR) is 69.1 cm³/mol. The first-order valence-electron chi connectivity index (χ1n) is 5.55. The highest BCUT2D eigenvalue weighted by Gasteiger charge is 2.20. The Kier molecular flexibility index (Phi) is 3.05. The molecule has 92 valence electrons. The van der Waals surface area contributed by atoms with Gasteiger partial charge in [0.1, 0.15) is 5.82 Å². The van der Waals surface area contributed by atoms with Crippen LogP contribution in [0.15, 0.2) is 11.4 Å². The van der Waals surface area contributed by atoms with E-state index in [4.69, 9.17) is 0 Å². The Balaban J connectivity index is 2.45. The van der Waals surface area contributed by atoms with Crippen LogP contribution in [0.1, 0.15) is 25.2 Å². The molecule has 0 spiro atoms. The third-order valence-electron chi connectivity index (χ3n) is 2.38. The average molecular weight is 251 g/mol. The lowest BCUT2D eigenvalue weighted by molar-refractivity contribution is 0.0581. The molecule has 0 radical (unpaired) electrons. The maximum Gasteiger partial charge on any atom is 0.168 e. The van der Waals surface area contributed by atoms with Crippen molar-refractivity contribution in [1.29, 1.82) is 0 Å². The molecular weight excluding hydrogens is 234 g/mol. The fourth-order valence-electron chi connectivity index (χ4n) is 1.70. The van der Waals surface area contributed by atoms with Crippen LogP contribution < -0.4 is 0 Å². The fraction of sp³-hybridized carbons (Fsp3) is 0.500. The molecule has 0 fully saturated rings. The van der Waals surface area contributed by atoms with Crippen LogP contribution in [0.25, 0.3) is 10.7 Å². The predicted octanol–water partition coefficient (Wildman–Crippen LogP) is 2.39. The van der Waals surface area contributed by atoms with Crippen LogP contribution in [-0.2, 0) is 6.54 Å². The van der Waals surface area contributed by atoms with E-state index in [0.717, 1.165) is 16.5 Å². The van der Waals surface area contributed by atoms with Crippen LogP contribution in [-0.4, -0.2) is 25.5 Å². The summed E-state index contributed by atoms with van der Waals surface area (Å²) in [5, 5.41) is 16.3. The Morgan fingerprint density at radius 2 is 2.12 bits per heavy atom. The zero-order valence-electron chi connectivity index (χ0n) is 10.6. The molecule has 0 saturated heterocycles. The third-order valence-corrected chi connectivity index (χ3v) is 3.39. The largest absolute Gasteiger partial charge is 0.389 e. The molecule has 0 unspecified atom stereocenters. The summed E-state index contributed by atoms with van der Waals surface area (Å²) in [4.78, 5) is 5.57. The van der Waals surface area contributed by atoms with Crippen molar-refractivity contribution in [3.05, 3.63) is 22.8 Å². The van der Waals surface area contributed by atoms with Gasteiger partial charge in [-0.25, -0.2) is 9.67 Å². The van der Waals surface area contributed by atoms with Crippen LogP contribution >= 0.6 is 11.3 Å². The number of hydrogen-bond donors (Lipinski definition) is 1. The maximum atomic E-state index is 9.89. The van der Waals surface area contributed by atoms with E-state index in [1.165, 1.54) is 5.56 Å². The SMILES string of the molecule is Cc1nc(-c2sccc2C)n(CC(C)(C)O)n1. The second-order valence-corrected chi connectivity index (χ2v) is 5.80. The number of aromatic nitrogens is 3. The van der Waals surface area contributed by atoms with Crippen molar-refractivity contribution in [2.24, 2.45) is 0 Å². The minimum atomic E-state index is -0.792. The summed E-state index contributed by atoms with van der Waals surface area (Å²) < 4.78 is 1.79. The standard InChI is InChI=1S/C12H17N3OS/c1-8-5-6-17-10(8)11-13-9(2)14-15(11)7-12(3,4)16/h5-6,16H,7H2,1-4H3. The lowest BCUT2D eigenvalue weighted by Crippen LogP contribution is -2.27. The van der Waals surface area contributed by atoms with E-state index in [1.54, 1.807) is 29.9 Å². The Morgan fingerprint density at radius 3 is 2.65 bits per heavy atom. The van der Waals surface area contributed by atoms with Gasteiger partial charge in [-0.15, -0.1) is 11.3 Å². The van der Waals surface area contributed by atoms with Gasteiger partial charge in [0.2, 0.25) is 0 Å². The Bertz CT molecular complexity index is 522. The van der Waals surface area contributed by atoms with Crippen molar-refractivity contribution in [2.45, 2.75) is 39.8 Å². The molecule has 2 heterocycles. The summed E-state index contributed by atoms with van der Waals surface area (Å²) in [5.74, 6) is 1.58. The summed E-state index contributed by atoms with van der Waals surface area (Å²) in [6.07, 6.45) is 0. The van der Waals surface area contributed by atoms with Gasteiger partial charge in [-0.1, -0.05) is 0 Å². The second kappa shape index (κ2) is 4.23. The molecule has 0 amide bonds. The summed E-state index contributed by atoms with van der Waals surface area (Å²) in [5.41, 5.74) is 0.402. The number of aliphatic hydroxyl groups is 1. The zero-order chi connectivity index (χ0) is 12.6. The van der Waals surface area contributed by atoms with Crippen LogP contribution in [0, 0.1) is 13.8 Å². The van der Waals surface area contributed by atoms with E-state index in [-0.39, 0.29) is 0 Å². The van der Waals surface area contributed by atoms with E-state index in [0.29, 0.717) is 6.54 Å². The quantitative estimate of drug-likeness (QED) is 0.911. The van der Waals surface area contributed by atoms with Crippen LogP contribution in [0.3, 0.4) is 0 Å². The summed E-state index contributed by atoms with van der Waals surface area (Å²) >= 11 is 1.65. The van der Waals surface area contributed by atoms with Crippen molar-refractivity contribution in [1.82, 2.24) is 14.8 Å². The molecule has 0 aliphatic carbocycles. The molecule has 0 saturated carbocycles. The highest BCUT2D eigenvalue weighted by atomic mass is 32.1. The lowest BCUT2D eigenvalue weighted by Gasteiger charge is -2.17. The minimum absolute atomic E-state index is 0.445. The Hall–Kier alpha value is -1.20. The number of rotatable bonds is 3. The van der Waals surface area contributed by atoms with Gasteiger partial charge < -0.3 is 5.11 Å². The topological polar surface area (TPSA) is 50.9 Å². The zero-order valence-corrected chi connectivity index (χ0v) is 11.4. The molecule has 2 rings (SSSR count). The van der Waals surface area contributed by atoms with Crippen LogP contribution in [0.5, 0.6) is 0 Å². The molecule has 2 aromatic heterocycles. The monoisotopic (exact) mass is 251 g/mol. The normalized spacial score (nSPS) is 12.1. The Morgan fingerprint density at radius 1 is 1.41 bits per heavy atom. The highest BCUT2D eigenvalue weighted by molar-refractivity contribution is 7.13. The molecule has 17 heavy (non-hydrogen) atoms. The van der Waals surface area contributed by atoms with Gasteiger partial charge in [0.05, 0.1) is 17.0 Å². The van der Waals surface area contributed by atoms with Crippen molar-refractivity contribution in [3.8, 4) is 10.7 Å². The smallest absolute Gasteiger partial charge is 0.168 e. The second-order valence-electron chi connectivity index (χ2n) is 4.89. The summed E-state index contributed by atoms with van der Waals surface area (Å²) in [6, 6.07) is 2.07. The van der Waals surface area contributed by atoms with Gasteiger partial charge >= 0.3 is 0 Å². The highest BCUT2D eigenvalue weighted by Crippen LogP contribution is 2.28. The molecule has 0 aliphatic rings. The van der Waals surface area contributed by atoms with Gasteiger partial charge in [-0.2, -0.15) is 5.10 Å². The molecule has 4 nitrogen and oxygen atoms in total. The van der Waals surface area contributed by atoms with E-state index in [9.17, 15) is 5.11 Å². The van der Waals surface area contributed by atoms with Crippen molar-refractivity contribution < 1.29 is 5.11 Å². The average Bonchev–Trinajstić information content (AvgIpc) is 2.70. The minimum Gasteiger partial charge on any atom is -0.389 e. The van der Waals surface area contributed by atoms with Crippen molar-refractivity contribution in [3.63, 3.8) is 0 Å². The first kappa shape index (κ1) is 12.3. The molecule has 0 aromatic carbocycles. The van der Waals surface area contributed by atoms with Crippen molar-refractivity contribution >= 4 is 11.3 Å². The maximum absolute atomic E-state index is 9.89. The molecule has 0 atom stereocenters. The summed E-state index contributed by atoms with van der Waals surface area (Å²) in [6.45, 7) is 7.92. The van der Waals surface area contributed by atoms with Gasteiger partial charge in [-0.05, 0) is 44.7 Å². The number of aryl methyl sites for hydroxylation is 2. The molecule has 1 N–H and O–H groups in total. The van der Waals surface area contributed by atoms with Crippen LogP contribution in [0.2, 0.25) is 0 Å². The molecule has 5 heteroatoms. The van der Waals surface area contributed by atoms with Crippen molar-refractivity contribution in [2.75, 3.05) is 0 Å². The Labute approximate surface area is 105 Å². The van der Waals surface area contributed by atoms with E-state index in [1.807, 2.05) is 12.3 Å². The fourth-order valence-corrected chi connectivity index (χ4v) is 2.62. The first-order chi connectivity index (χ1) is 7.87. The molecule has 0 aliphatic heterocycles. The number of thiophene rings is 1. The summed E-state index contributed by atoms with van der Waals surface area (Å²) in [7, 11) is 0. The van der Waals surface area contributed by atoms with Gasteiger partial charge in [0, 0.05) is 0 Å². The molecule has 0 bridgehead atoms. The number of nitrogens with zero attached hydrogens (tertiary/aromatic N) is 3. The van der Waals surface area contributed by atoms with Gasteiger partial charge in [0.25, 0.3) is 0 Å². The van der Waals surface area contributed by atoms with Gasteiger partial charge in [-0.3, -0.25) is 0 Å². The number of hydrogen-bond acceptors (Lipinski definition) is 4. The molecule has 2 aromatic rings.